The molecule has 5 nitrogen and oxygen atoms in total. The van der Waals surface area contributed by atoms with Crippen molar-refractivity contribution in [2.75, 3.05) is 17.3 Å². The highest BCUT2D eigenvalue weighted by molar-refractivity contribution is 7.98. The van der Waals surface area contributed by atoms with Gasteiger partial charge in [0.1, 0.15) is 6.04 Å². The van der Waals surface area contributed by atoms with E-state index in [1.54, 1.807) is 54.2 Å². The number of benzene rings is 2. The molecule has 1 atom stereocenters. The van der Waals surface area contributed by atoms with Gasteiger partial charge in [-0.15, -0.1) is 0 Å². The number of sulfonamides is 1. The lowest BCUT2D eigenvalue weighted by Gasteiger charge is -2.18. The maximum atomic E-state index is 12.5. The summed E-state index contributed by atoms with van der Waals surface area (Å²) in [7, 11) is -3.75. The summed E-state index contributed by atoms with van der Waals surface area (Å²) in [6, 6.07) is 16.2. The highest BCUT2D eigenvalue weighted by Crippen LogP contribution is 2.12. The van der Waals surface area contributed by atoms with E-state index in [1.807, 2.05) is 12.3 Å². The van der Waals surface area contributed by atoms with Gasteiger partial charge in [0.2, 0.25) is 15.9 Å². The minimum atomic E-state index is -3.75. The van der Waals surface area contributed by atoms with Gasteiger partial charge >= 0.3 is 0 Å². The molecule has 2 aromatic carbocycles. The van der Waals surface area contributed by atoms with Gasteiger partial charge in [0.15, 0.2) is 0 Å². The van der Waals surface area contributed by atoms with Gasteiger partial charge in [-0.05, 0) is 42.7 Å². The van der Waals surface area contributed by atoms with E-state index in [2.05, 4.69) is 10.0 Å². The Morgan fingerprint density at radius 1 is 1.04 bits per heavy atom. The molecule has 0 aliphatic rings. The summed E-state index contributed by atoms with van der Waals surface area (Å²) in [5.74, 6) is 0.305. The van der Waals surface area contributed by atoms with E-state index >= 15 is 0 Å². The van der Waals surface area contributed by atoms with Crippen LogP contribution in [0.1, 0.15) is 6.42 Å². The molecule has 2 rings (SSSR count). The van der Waals surface area contributed by atoms with Gasteiger partial charge in [-0.2, -0.15) is 16.5 Å². The largest absolute Gasteiger partial charge is 0.325 e. The summed E-state index contributed by atoms with van der Waals surface area (Å²) < 4.78 is 27.4. The van der Waals surface area contributed by atoms with Crippen molar-refractivity contribution < 1.29 is 13.2 Å². The van der Waals surface area contributed by atoms with E-state index in [4.69, 9.17) is 0 Å². The van der Waals surface area contributed by atoms with Gasteiger partial charge in [-0.1, -0.05) is 36.4 Å². The maximum absolute atomic E-state index is 12.5. The smallest absolute Gasteiger partial charge is 0.242 e. The molecular weight excluding hydrogens is 344 g/mol. The standard InChI is InChI=1S/C17H20N2O3S2/c1-23-13-12-16(17(20)18-14-8-4-2-5-9-14)19-24(21,22)15-10-6-3-7-11-15/h2-11,16,19H,12-13H2,1H3,(H,18,20)/t16-/m1/s1. The first-order valence-electron chi connectivity index (χ1n) is 7.45. The average molecular weight is 364 g/mol. The van der Waals surface area contributed by atoms with Crippen molar-refractivity contribution in [1.82, 2.24) is 4.72 Å². The highest BCUT2D eigenvalue weighted by Gasteiger charge is 2.25. The molecule has 128 valence electrons. The zero-order valence-electron chi connectivity index (χ0n) is 13.3. The monoisotopic (exact) mass is 364 g/mol. The van der Waals surface area contributed by atoms with E-state index in [9.17, 15) is 13.2 Å². The molecule has 0 bridgehead atoms. The van der Waals surface area contributed by atoms with Crippen molar-refractivity contribution in [2.45, 2.75) is 17.4 Å². The van der Waals surface area contributed by atoms with Crippen LogP contribution >= 0.6 is 11.8 Å². The first-order chi connectivity index (χ1) is 11.5. The number of rotatable bonds is 8. The fraction of sp³-hybridized carbons (Fsp3) is 0.235. The van der Waals surface area contributed by atoms with Gasteiger partial charge in [-0.25, -0.2) is 8.42 Å². The van der Waals surface area contributed by atoms with Crippen molar-refractivity contribution in [3.05, 3.63) is 60.7 Å². The topological polar surface area (TPSA) is 75.3 Å². The van der Waals surface area contributed by atoms with Crippen molar-refractivity contribution in [3.63, 3.8) is 0 Å². The fourth-order valence-electron chi connectivity index (χ4n) is 2.09. The Labute approximate surface area is 146 Å². The first-order valence-corrected chi connectivity index (χ1v) is 10.3. The molecule has 0 saturated heterocycles. The van der Waals surface area contributed by atoms with E-state index < -0.39 is 16.1 Å². The van der Waals surface area contributed by atoms with Crippen LogP contribution in [-0.4, -0.2) is 32.4 Å². The van der Waals surface area contributed by atoms with Crippen molar-refractivity contribution in [3.8, 4) is 0 Å². The van der Waals surface area contributed by atoms with Crippen LogP contribution in [0.4, 0.5) is 5.69 Å². The van der Waals surface area contributed by atoms with Crippen LogP contribution in [-0.2, 0) is 14.8 Å². The second-order valence-corrected chi connectivity index (χ2v) is 7.82. The lowest BCUT2D eigenvalue weighted by atomic mass is 10.2. The molecule has 1 amide bonds. The second kappa shape index (κ2) is 8.86. The molecule has 0 saturated carbocycles. The normalized spacial score (nSPS) is 12.5. The summed E-state index contributed by atoms with van der Waals surface area (Å²) in [6.07, 6.45) is 2.32. The molecule has 7 heteroatoms. The predicted octanol–water partition coefficient (Wildman–Crippen LogP) is 2.73. The molecule has 0 fully saturated rings. The van der Waals surface area contributed by atoms with Gasteiger partial charge in [0.05, 0.1) is 4.90 Å². The number of para-hydroxylation sites is 1. The number of hydrogen-bond donors (Lipinski definition) is 2. The third-order valence-corrected chi connectivity index (χ3v) is 5.45. The van der Waals surface area contributed by atoms with E-state index in [1.165, 1.54) is 12.1 Å². The minimum absolute atomic E-state index is 0.145. The molecule has 0 aromatic heterocycles. The van der Waals surface area contributed by atoms with Crippen LogP contribution in [0.15, 0.2) is 65.6 Å². The van der Waals surface area contributed by atoms with Crippen molar-refractivity contribution in [2.24, 2.45) is 0 Å². The van der Waals surface area contributed by atoms with Crippen LogP contribution in [0.25, 0.3) is 0 Å². The number of anilines is 1. The highest BCUT2D eigenvalue weighted by atomic mass is 32.2. The fourth-order valence-corrected chi connectivity index (χ4v) is 3.81. The van der Waals surface area contributed by atoms with E-state index in [0.29, 0.717) is 17.9 Å². The molecule has 0 spiro atoms. The second-order valence-electron chi connectivity index (χ2n) is 5.12. The quantitative estimate of drug-likeness (QED) is 0.755. The summed E-state index contributed by atoms with van der Waals surface area (Å²) in [5, 5.41) is 2.75. The number of hydrogen-bond acceptors (Lipinski definition) is 4. The number of carbonyl (C=O) groups is 1. The van der Waals surface area contributed by atoms with E-state index in [-0.39, 0.29) is 10.8 Å². The van der Waals surface area contributed by atoms with Crippen molar-refractivity contribution >= 4 is 33.4 Å². The molecule has 0 heterocycles. The lowest BCUT2D eigenvalue weighted by molar-refractivity contribution is -0.117. The van der Waals surface area contributed by atoms with Crippen LogP contribution in [0, 0.1) is 0 Å². The third-order valence-electron chi connectivity index (χ3n) is 3.32. The maximum Gasteiger partial charge on any atom is 0.242 e. The predicted molar refractivity (Wildman–Crippen MR) is 98.6 cm³/mol. The van der Waals surface area contributed by atoms with Crippen molar-refractivity contribution in [1.29, 1.82) is 0 Å². The van der Waals surface area contributed by atoms with E-state index in [0.717, 1.165) is 0 Å². The number of amides is 1. The number of thioether (sulfide) groups is 1. The Bertz CT molecular complexity index is 750. The summed E-state index contributed by atoms with van der Waals surface area (Å²) >= 11 is 1.56. The average Bonchev–Trinajstić information content (AvgIpc) is 2.60. The van der Waals surface area contributed by atoms with Crippen LogP contribution in [0.2, 0.25) is 0 Å². The molecule has 24 heavy (non-hydrogen) atoms. The van der Waals surface area contributed by atoms with Gasteiger partial charge < -0.3 is 5.32 Å². The van der Waals surface area contributed by atoms with Crippen LogP contribution in [0.5, 0.6) is 0 Å². The molecule has 2 N–H and O–H groups in total. The molecule has 2 aromatic rings. The molecule has 0 unspecified atom stereocenters. The molecular formula is C17H20N2O3S2. The minimum Gasteiger partial charge on any atom is -0.325 e. The Morgan fingerprint density at radius 3 is 2.21 bits per heavy atom. The summed E-state index contributed by atoms with van der Waals surface area (Å²) in [6.45, 7) is 0. The van der Waals surface area contributed by atoms with Gasteiger partial charge in [-0.3, -0.25) is 4.79 Å². The van der Waals surface area contributed by atoms with Gasteiger partial charge in [0.25, 0.3) is 0 Å². The Kier molecular flexibility index (Phi) is 6.84. The molecule has 0 aliphatic carbocycles. The third kappa shape index (κ3) is 5.36. The SMILES string of the molecule is CSCC[C@@H](NS(=O)(=O)c1ccccc1)C(=O)Nc1ccccc1. The summed E-state index contributed by atoms with van der Waals surface area (Å²) in [4.78, 5) is 12.6. The zero-order chi connectivity index (χ0) is 17.4. The van der Waals surface area contributed by atoms with Crippen LogP contribution < -0.4 is 10.0 Å². The molecule has 0 radical (unpaired) electrons. The Hall–Kier alpha value is -1.83. The van der Waals surface area contributed by atoms with Crippen LogP contribution in [0.3, 0.4) is 0 Å². The van der Waals surface area contributed by atoms with Gasteiger partial charge in [0, 0.05) is 5.69 Å². The summed E-state index contributed by atoms with van der Waals surface area (Å²) in [5.41, 5.74) is 0.635. The molecule has 0 aliphatic heterocycles. The number of carbonyl (C=O) groups excluding carboxylic acids is 1. The Morgan fingerprint density at radius 2 is 1.62 bits per heavy atom. The lowest BCUT2D eigenvalue weighted by Crippen LogP contribution is -2.44. The Balaban J connectivity index is 2.14. The first kappa shape index (κ1) is 18.5. The zero-order valence-corrected chi connectivity index (χ0v) is 14.9. The number of nitrogens with one attached hydrogen (secondary N) is 2.